The Morgan fingerprint density at radius 3 is 2.44 bits per heavy atom. The Hall–Kier alpha value is -5.27. The number of fused-ring (bicyclic) bond motifs is 4. The number of hydrogen-bond donors (Lipinski definition) is 2. The molecule has 57 heavy (non-hydrogen) atoms. The van der Waals surface area contributed by atoms with Crippen LogP contribution >= 0.6 is 0 Å². The van der Waals surface area contributed by atoms with Gasteiger partial charge in [-0.3, -0.25) is 14.3 Å². The number of benzene rings is 3. The maximum Gasteiger partial charge on any atom is 0.277 e. The van der Waals surface area contributed by atoms with Gasteiger partial charge in [-0.2, -0.15) is 0 Å². The third-order valence-electron chi connectivity index (χ3n) is 11.3. The maximum atomic E-state index is 13.9. The summed E-state index contributed by atoms with van der Waals surface area (Å²) in [4.78, 5) is 22.9. The third-order valence-corrected chi connectivity index (χ3v) is 11.3. The lowest BCUT2D eigenvalue weighted by molar-refractivity contribution is 0.537. The zero-order valence-corrected chi connectivity index (χ0v) is 35.6. The Morgan fingerprint density at radius 1 is 0.877 bits per heavy atom. The number of allylic oxidation sites excluding steroid dienone is 2. The zero-order chi connectivity index (χ0) is 40.9. The van der Waals surface area contributed by atoms with E-state index >= 15 is 0 Å². The summed E-state index contributed by atoms with van der Waals surface area (Å²) in [6.07, 6.45) is 16.4. The number of anilines is 1. The van der Waals surface area contributed by atoms with Gasteiger partial charge in [0.2, 0.25) is 0 Å². The summed E-state index contributed by atoms with van der Waals surface area (Å²) < 4.78 is 7.79. The van der Waals surface area contributed by atoms with Crippen molar-refractivity contribution in [2.45, 2.75) is 105 Å². The van der Waals surface area contributed by atoms with E-state index < -0.39 is 0 Å². The molecule has 1 aliphatic carbocycles. The van der Waals surface area contributed by atoms with E-state index in [9.17, 15) is 4.79 Å². The van der Waals surface area contributed by atoms with Crippen LogP contribution in [-0.2, 0) is 6.54 Å². The number of nitrogens with one attached hydrogen (secondary N) is 2. The summed E-state index contributed by atoms with van der Waals surface area (Å²) in [5, 5.41) is 8.85. The third kappa shape index (κ3) is 10.2. The minimum absolute atomic E-state index is 0.0687. The van der Waals surface area contributed by atoms with Crippen molar-refractivity contribution in [2.24, 2.45) is 5.92 Å². The van der Waals surface area contributed by atoms with Gasteiger partial charge in [0, 0.05) is 47.9 Å². The lowest BCUT2D eigenvalue weighted by atomic mass is 9.77. The van der Waals surface area contributed by atoms with Gasteiger partial charge in [0.1, 0.15) is 22.7 Å². The van der Waals surface area contributed by atoms with E-state index in [1.54, 1.807) is 10.8 Å². The molecule has 2 N–H and O–H groups in total. The molecule has 0 radical (unpaired) electrons. The van der Waals surface area contributed by atoms with Crippen LogP contribution in [-0.4, -0.2) is 28.1 Å². The van der Waals surface area contributed by atoms with Crippen LogP contribution in [0, 0.1) is 5.92 Å². The van der Waals surface area contributed by atoms with Crippen molar-refractivity contribution < 1.29 is 4.42 Å². The standard InChI is InChI=1S/C35H39N3O2.C13H18N2.C2H6/c1-5-7-8-9-12-20-38-34(28-15-13-14-26(21-28)24(3)6-2)36-23-31(35(38)39)37-25(4)27-18-19-33-30(22-27)29-16-10-11-17-32(29)40-33;1-9-10(2)13-4-5-15-8-12(13)6-11(9)7-14-3;1-2/h9-19,21-25,37H,5-8,20H2,1-4H3;4-6,8-10,14H,7H2,1-3H3;1-2H3/b12-9+;;. The SMILES string of the molecule is CC.CCCC/C=C/Cn1c(-c2cccc(C(C)CC)c2)ncc(NC(C)c2ccc3oc4ccccc4c3c2)c1=O.CNCC1=Cc2cnccc2C(C)C1C. The second kappa shape index (κ2) is 20.8. The Balaban J connectivity index is 0.000000304. The first-order valence-electron chi connectivity index (χ1n) is 21.1. The molecule has 6 aromatic rings. The molecular weight excluding hydrogens is 703 g/mol. The first kappa shape index (κ1) is 42.9. The molecular formula is C50H63N5O2. The van der Waals surface area contributed by atoms with Crippen molar-refractivity contribution in [3.8, 4) is 11.4 Å². The van der Waals surface area contributed by atoms with E-state index in [-0.39, 0.29) is 11.6 Å². The van der Waals surface area contributed by atoms with Crippen molar-refractivity contribution in [2.75, 3.05) is 18.9 Å². The highest BCUT2D eigenvalue weighted by atomic mass is 16.3. The number of para-hydroxylation sites is 1. The van der Waals surface area contributed by atoms with E-state index in [0.29, 0.717) is 35.8 Å². The van der Waals surface area contributed by atoms with E-state index in [1.807, 2.05) is 63.6 Å². The second-order valence-corrected chi connectivity index (χ2v) is 15.0. The molecule has 0 aliphatic heterocycles. The molecule has 7 rings (SSSR count). The molecule has 0 fully saturated rings. The second-order valence-electron chi connectivity index (χ2n) is 15.0. The number of pyridine rings is 1. The molecule has 4 unspecified atom stereocenters. The number of likely N-dealkylation sites (N-methyl/N-ethyl adjacent to an activating group) is 1. The van der Waals surface area contributed by atoms with Crippen LogP contribution in [0.4, 0.5) is 5.69 Å². The Labute approximate surface area is 340 Å². The zero-order valence-electron chi connectivity index (χ0n) is 35.6. The molecule has 4 atom stereocenters. The number of aromatic nitrogens is 3. The molecule has 3 aromatic carbocycles. The molecule has 0 saturated heterocycles. The first-order valence-corrected chi connectivity index (χ1v) is 21.1. The Kier molecular flexibility index (Phi) is 15.6. The van der Waals surface area contributed by atoms with Crippen LogP contribution in [0.1, 0.15) is 121 Å². The van der Waals surface area contributed by atoms with Gasteiger partial charge in [-0.1, -0.05) is 128 Å². The van der Waals surface area contributed by atoms with Gasteiger partial charge in [0.25, 0.3) is 5.56 Å². The first-order chi connectivity index (χ1) is 27.7. The lowest BCUT2D eigenvalue weighted by Crippen LogP contribution is -2.26. The van der Waals surface area contributed by atoms with Gasteiger partial charge >= 0.3 is 0 Å². The molecule has 0 amide bonds. The Morgan fingerprint density at radius 2 is 1.67 bits per heavy atom. The van der Waals surface area contributed by atoms with Gasteiger partial charge in [-0.25, -0.2) is 4.98 Å². The number of rotatable bonds is 13. The molecule has 7 heteroatoms. The van der Waals surface area contributed by atoms with Crippen molar-refractivity contribution in [3.63, 3.8) is 0 Å². The van der Waals surface area contributed by atoms with E-state index in [0.717, 1.165) is 65.3 Å². The van der Waals surface area contributed by atoms with E-state index in [1.165, 1.54) is 22.3 Å². The highest BCUT2D eigenvalue weighted by Crippen LogP contribution is 2.37. The number of unbranched alkanes of at least 4 members (excludes halogenated alkanes) is 2. The predicted molar refractivity (Wildman–Crippen MR) is 242 cm³/mol. The molecule has 3 heterocycles. The highest BCUT2D eigenvalue weighted by molar-refractivity contribution is 6.05. The van der Waals surface area contributed by atoms with Crippen LogP contribution in [0.3, 0.4) is 0 Å². The minimum Gasteiger partial charge on any atom is -0.456 e. The molecule has 0 bridgehead atoms. The summed E-state index contributed by atoms with van der Waals surface area (Å²) in [5.74, 6) is 2.35. The fraction of sp³-hybridized carbons (Fsp3) is 0.380. The van der Waals surface area contributed by atoms with Crippen LogP contribution in [0.5, 0.6) is 0 Å². The summed E-state index contributed by atoms with van der Waals surface area (Å²) in [6.45, 7) is 18.7. The van der Waals surface area contributed by atoms with Crippen LogP contribution in [0.25, 0.3) is 39.4 Å². The molecule has 3 aromatic heterocycles. The smallest absolute Gasteiger partial charge is 0.277 e. The van der Waals surface area contributed by atoms with Crippen LogP contribution in [0.2, 0.25) is 0 Å². The van der Waals surface area contributed by atoms with Crippen LogP contribution in [0.15, 0.2) is 118 Å². The maximum absolute atomic E-state index is 13.9. The van der Waals surface area contributed by atoms with E-state index in [2.05, 4.69) is 118 Å². The minimum atomic E-state index is -0.0966. The topological polar surface area (TPSA) is 85.0 Å². The van der Waals surface area contributed by atoms with Gasteiger partial charge in [-0.05, 0) is 97.2 Å². The lowest BCUT2D eigenvalue weighted by Gasteiger charge is -2.29. The van der Waals surface area contributed by atoms with E-state index in [4.69, 9.17) is 9.40 Å². The van der Waals surface area contributed by atoms with Crippen molar-refractivity contribution in [3.05, 3.63) is 142 Å². The number of hydrogen-bond acceptors (Lipinski definition) is 6. The van der Waals surface area contributed by atoms with Gasteiger partial charge in [0.05, 0.1) is 6.20 Å². The largest absolute Gasteiger partial charge is 0.456 e. The van der Waals surface area contributed by atoms with Gasteiger partial charge in [-0.15, -0.1) is 0 Å². The summed E-state index contributed by atoms with van der Waals surface area (Å²) in [5.41, 5.74) is 9.66. The van der Waals surface area contributed by atoms with Crippen LogP contribution < -0.4 is 16.2 Å². The van der Waals surface area contributed by atoms with Crippen molar-refractivity contribution >= 4 is 33.7 Å². The van der Waals surface area contributed by atoms with Gasteiger partial charge in [0.15, 0.2) is 0 Å². The molecule has 1 aliphatic rings. The molecule has 7 nitrogen and oxygen atoms in total. The molecule has 0 saturated carbocycles. The Bertz CT molecular complexity index is 2330. The molecule has 0 spiro atoms. The normalized spacial score (nSPS) is 15.9. The average Bonchev–Trinajstić information content (AvgIpc) is 3.62. The summed E-state index contributed by atoms with van der Waals surface area (Å²) in [7, 11) is 2.00. The molecule has 300 valence electrons. The fourth-order valence-electron chi connectivity index (χ4n) is 7.45. The summed E-state index contributed by atoms with van der Waals surface area (Å²) >= 11 is 0. The van der Waals surface area contributed by atoms with Crippen molar-refractivity contribution in [1.29, 1.82) is 0 Å². The average molecular weight is 766 g/mol. The summed E-state index contributed by atoms with van der Waals surface area (Å²) in [6, 6.07) is 24.8. The quantitative estimate of drug-likeness (QED) is 0.0899. The van der Waals surface area contributed by atoms with Gasteiger partial charge < -0.3 is 15.1 Å². The predicted octanol–water partition coefficient (Wildman–Crippen LogP) is 12.7. The van der Waals surface area contributed by atoms with Crippen molar-refractivity contribution in [1.82, 2.24) is 19.9 Å². The highest BCUT2D eigenvalue weighted by Gasteiger charge is 2.24. The monoisotopic (exact) mass is 765 g/mol. The number of nitrogens with zero attached hydrogens (tertiary/aromatic N) is 3. The number of furan rings is 1. The fourth-order valence-corrected chi connectivity index (χ4v) is 7.45.